The van der Waals surface area contributed by atoms with E-state index in [0.29, 0.717) is 18.0 Å². The molecule has 5 heteroatoms. The fourth-order valence-corrected chi connectivity index (χ4v) is 0.977. The summed E-state index contributed by atoms with van der Waals surface area (Å²) in [6.07, 6.45) is 0.753. The number of hydrogen-bond donors (Lipinski definition) is 2. The van der Waals surface area contributed by atoms with E-state index in [1.165, 1.54) is 0 Å². The van der Waals surface area contributed by atoms with Gasteiger partial charge in [0.25, 0.3) is 5.91 Å². The number of rotatable bonds is 4. The molecule has 0 saturated heterocycles. The maximum Gasteiger partial charge on any atom is 0.273 e. The molecule has 1 amide bonds. The maximum absolute atomic E-state index is 11.4. The first kappa shape index (κ1) is 10.7. The number of hydrogen-bond acceptors (Lipinski definition) is 4. The number of aryl methyl sites for hydroxylation is 1. The summed E-state index contributed by atoms with van der Waals surface area (Å²) < 4.78 is 4.78. The zero-order valence-electron chi connectivity index (χ0n) is 8.41. The molecular weight excluding hydrogens is 182 g/mol. The summed E-state index contributed by atoms with van der Waals surface area (Å²) in [6, 6.07) is 1.69. The summed E-state index contributed by atoms with van der Waals surface area (Å²) in [4.78, 5) is 11.4. The van der Waals surface area contributed by atoms with Crippen molar-refractivity contribution in [3.63, 3.8) is 0 Å². The fraction of sp³-hybridized carbons (Fsp3) is 0.556. The summed E-state index contributed by atoms with van der Waals surface area (Å²) in [7, 11) is 0. The minimum atomic E-state index is -0.220. The van der Waals surface area contributed by atoms with E-state index in [1.54, 1.807) is 13.0 Å². The molecule has 0 fully saturated rings. The molecule has 0 bridgehead atoms. The number of nitrogens with zero attached hydrogens (tertiary/aromatic N) is 1. The first-order valence-electron chi connectivity index (χ1n) is 4.56. The Labute approximate surface area is 82.6 Å². The second kappa shape index (κ2) is 4.76. The monoisotopic (exact) mass is 197 g/mol. The number of amides is 1. The Morgan fingerprint density at radius 1 is 1.79 bits per heavy atom. The third kappa shape index (κ3) is 3.18. The molecule has 0 saturated carbocycles. The van der Waals surface area contributed by atoms with E-state index in [2.05, 4.69) is 10.5 Å². The molecule has 3 N–H and O–H groups in total. The lowest BCUT2D eigenvalue weighted by molar-refractivity contribution is 0.0943. The minimum absolute atomic E-state index is 0.0920. The quantitative estimate of drug-likeness (QED) is 0.734. The Hall–Kier alpha value is -1.36. The number of aromatic nitrogens is 1. The summed E-state index contributed by atoms with van der Waals surface area (Å²) in [5, 5.41) is 6.30. The van der Waals surface area contributed by atoms with Crippen molar-refractivity contribution in [1.82, 2.24) is 10.5 Å². The van der Waals surface area contributed by atoms with Crippen LogP contribution in [0.4, 0.5) is 0 Å². The zero-order valence-corrected chi connectivity index (χ0v) is 8.41. The second-order valence-corrected chi connectivity index (χ2v) is 3.34. The highest BCUT2D eigenvalue weighted by Gasteiger charge is 2.09. The molecule has 0 aliphatic carbocycles. The highest BCUT2D eigenvalue weighted by atomic mass is 16.5. The molecule has 0 aliphatic rings. The molecule has 1 heterocycles. The van der Waals surface area contributed by atoms with E-state index in [-0.39, 0.29) is 11.9 Å². The van der Waals surface area contributed by atoms with Gasteiger partial charge < -0.3 is 15.6 Å². The largest absolute Gasteiger partial charge is 0.361 e. The highest BCUT2D eigenvalue weighted by Crippen LogP contribution is 2.00. The van der Waals surface area contributed by atoms with E-state index >= 15 is 0 Å². The van der Waals surface area contributed by atoms with Crippen LogP contribution < -0.4 is 11.1 Å². The molecule has 1 unspecified atom stereocenters. The lowest BCUT2D eigenvalue weighted by Gasteiger charge is -2.04. The Bertz CT molecular complexity index is 307. The van der Waals surface area contributed by atoms with Gasteiger partial charge in [0.05, 0.1) is 0 Å². The molecule has 0 radical (unpaired) electrons. The van der Waals surface area contributed by atoms with Crippen molar-refractivity contribution in [2.24, 2.45) is 5.73 Å². The standard InChI is InChI=1S/C9H15N3O2/c1-6(10)3-4-11-9(13)8-5-7(2)14-12-8/h5-6H,3-4,10H2,1-2H3,(H,11,13). The van der Waals surface area contributed by atoms with Crippen LogP contribution in [0.5, 0.6) is 0 Å². The number of carbonyl (C=O) groups excluding carboxylic acids is 1. The van der Waals surface area contributed by atoms with Crippen LogP contribution in [0.3, 0.4) is 0 Å². The van der Waals surface area contributed by atoms with Crippen molar-refractivity contribution in [2.75, 3.05) is 6.54 Å². The van der Waals surface area contributed by atoms with Gasteiger partial charge in [0.15, 0.2) is 5.69 Å². The molecule has 0 aromatic carbocycles. The first-order valence-corrected chi connectivity index (χ1v) is 4.56. The first-order chi connectivity index (χ1) is 6.59. The van der Waals surface area contributed by atoms with Crippen molar-refractivity contribution in [1.29, 1.82) is 0 Å². The molecular formula is C9H15N3O2. The second-order valence-electron chi connectivity index (χ2n) is 3.34. The maximum atomic E-state index is 11.4. The molecule has 1 aromatic rings. The van der Waals surface area contributed by atoms with Gasteiger partial charge in [-0.3, -0.25) is 4.79 Å². The van der Waals surface area contributed by atoms with E-state index in [1.807, 2.05) is 6.92 Å². The third-order valence-corrected chi connectivity index (χ3v) is 1.75. The molecule has 0 spiro atoms. The zero-order chi connectivity index (χ0) is 10.6. The van der Waals surface area contributed by atoms with Gasteiger partial charge in [0, 0.05) is 18.7 Å². The summed E-state index contributed by atoms with van der Waals surface area (Å²) in [5.41, 5.74) is 5.85. The number of nitrogens with two attached hydrogens (primary N) is 1. The van der Waals surface area contributed by atoms with Gasteiger partial charge in [-0.25, -0.2) is 0 Å². The molecule has 14 heavy (non-hydrogen) atoms. The van der Waals surface area contributed by atoms with E-state index in [9.17, 15) is 4.79 Å². The van der Waals surface area contributed by atoms with Gasteiger partial charge in [-0.2, -0.15) is 0 Å². The summed E-state index contributed by atoms with van der Waals surface area (Å²) in [6.45, 7) is 4.19. The lowest BCUT2D eigenvalue weighted by Crippen LogP contribution is -2.29. The molecule has 78 valence electrons. The van der Waals surface area contributed by atoms with Crippen LogP contribution in [0.25, 0.3) is 0 Å². The van der Waals surface area contributed by atoms with Crippen LogP contribution in [0.1, 0.15) is 29.6 Å². The van der Waals surface area contributed by atoms with Crippen molar-refractivity contribution in [3.8, 4) is 0 Å². The lowest BCUT2D eigenvalue weighted by atomic mass is 10.2. The van der Waals surface area contributed by atoms with Gasteiger partial charge in [-0.1, -0.05) is 5.16 Å². The Kier molecular flexibility index (Phi) is 3.64. The topological polar surface area (TPSA) is 81.2 Å². The van der Waals surface area contributed by atoms with Gasteiger partial charge >= 0.3 is 0 Å². The number of nitrogens with one attached hydrogen (secondary N) is 1. The minimum Gasteiger partial charge on any atom is -0.361 e. The Morgan fingerprint density at radius 3 is 3.00 bits per heavy atom. The van der Waals surface area contributed by atoms with Gasteiger partial charge in [-0.05, 0) is 20.3 Å². The van der Waals surface area contributed by atoms with Crippen LogP contribution in [-0.2, 0) is 0 Å². The molecule has 5 nitrogen and oxygen atoms in total. The van der Waals surface area contributed by atoms with Crippen molar-refractivity contribution < 1.29 is 9.32 Å². The molecule has 0 aliphatic heterocycles. The summed E-state index contributed by atoms with van der Waals surface area (Å²) >= 11 is 0. The average Bonchev–Trinajstić information content (AvgIpc) is 2.51. The average molecular weight is 197 g/mol. The van der Waals surface area contributed by atoms with Gasteiger partial charge in [0.1, 0.15) is 5.76 Å². The summed E-state index contributed by atoms with van der Waals surface area (Å²) in [5.74, 6) is 0.407. The van der Waals surface area contributed by atoms with Crippen LogP contribution in [0, 0.1) is 6.92 Å². The van der Waals surface area contributed by atoms with Crippen molar-refractivity contribution in [2.45, 2.75) is 26.3 Å². The smallest absolute Gasteiger partial charge is 0.273 e. The van der Waals surface area contributed by atoms with Gasteiger partial charge in [0.2, 0.25) is 0 Å². The van der Waals surface area contributed by atoms with Crippen LogP contribution in [0.15, 0.2) is 10.6 Å². The van der Waals surface area contributed by atoms with Crippen LogP contribution in [-0.4, -0.2) is 23.7 Å². The molecule has 1 atom stereocenters. The normalized spacial score (nSPS) is 12.5. The predicted octanol–water partition coefficient (Wildman–Crippen LogP) is 0.450. The molecule has 1 rings (SSSR count). The van der Waals surface area contributed by atoms with E-state index in [4.69, 9.17) is 10.3 Å². The van der Waals surface area contributed by atoms with E-state index < -0.39 is 0 Å². The number of carbonyl (C=O) groups is 1. The predicted molar refractivity (Wildman–Crippen MR) is 51.8 cm³/mol. The Morgan fingerprint density at radius 2 is 2.50 bits per heavy atom. The van der Waals surface area contributed by atoms with Gasteiger partial charge in [-0.15, -0.1) is 0 Å². The Balaban J connectivity index is 2.36. The van der Waals surface area contributed by atoms with Crippen molar-refractivity contribution in [3.05, 3.63) is 17.5 Å². The van der Waals surface area contributed by atoms with E-state index in [0.717, 1.165) is 6.42 Å². The van der Waals surface area contributed by atoms with Crippen LogP contribution >= 0.6 is 0 Å². The van der Waals surface area contributed by atoms with Crippen LogP contribution in [0.2, 0.25) is 0 Å². The SMILES string of the molecule is Cc1cc(C(=O)NCCC(C)N)no1. The fourth-order valence-electron chi connectivity index (χ4n) is 0.977. The molecule has 1 aromatic heterocycles. The van der Waals surface area contributed by atoms with Crippen molar-refractivity contribution >= 4 is 5.91 Å². The highest BCUT2D eigenvalue weighted by molar-refractivity contribution is 5.92. The third-order valence-electron chi connectivity index (χ3n) is 1.75.